The SMILES string of the molecule is C=CCSc1ccccc1C(=O)NCCc1ccc(OC)c(OC)c1. The average molecular weight is 357 g/mol. The van der Waals surface area contributed by atoms with E-state index in [9.17, 15) is 4.79 Å². The molecule has 0 aromatic heterocycles. The van der Waals surface area contributed by atoms with Crippen LogP contribution in [-0.2, 0) is 6.42 Å². The van der Waals surface area contributed by atoms with Crippen molar-refractivity contribution in [2.24, 2.45) is 0 Å². The summed E-state index contributed by atoms with van der Waals surface area (Å²) in [7, 11) is 3.22. The van der Waals surface area contributed by atoms with Gasteiger partial charge in [-0.25, -0.2) is 0 Å². The number of hydrogen-bond donors (Lipinski definition) is 1. The zero-order chi connectivity index (χ0) is 18.1. The Balaban J connectivity index is 1.96. The fourth-order valence-electron chi connectivity index (χ4n) is 2.38. The van der Waals surface area contributed by atoms with Gasteiger partial charge < -0.3 is 14.8 Å². The highest BCUT2D eigenvalue weighted by atomic mass is 32.2. The van der Waals surface area contributed by atoms with Crippen LogP contribution in [0.25, 0.3) is 0 Å². The Morgan fingerprint density at radius 1 is 1.16 bits per heavy atom. The van der Waals surface area contributed by atoms with Crippen molar-refractivity contribution in [2.75, 3.05) is 26.5 Å². The van der Waals surface area contributed by atoms with Crippen molar-refractivity contribution < 1.29 is 14.3 Å². The normalized spacial score (nSPS) is 10.2. The van der Waals surface area contributed by atoms with Crippen LogP contribution in [0.1, 0.15) is 15.9 Å². The predicted molar refractivity (Wildman–Crippen MR) is 103 cm³/mol. The lowest BCUT2D eigenvalue weighted by Crippen LogP contribution is -2.26. The van der Waals surface area contributed by atoms with Gasteiger partial charge in [-0.15, -0.1) is 18.3 Å². The van der Waals surface area contributed by atoms with Crippen LogP contribution in [0.15, 0.2) is 60.0 Å². The first kappa shape index (κ1) is 18.9. The molecule has 0 atom stereocenters. The second-order valence-electron chi connectivity index (χ2n) is 5.29. The highest BCUT2D eigenvalue weighted by Gasteiger charge is 2.11. The van der Waals surface area contributed by atoms with Crippen LogP contribution in [0.4, 0.5) is 0 Å². The van der Waals surface area contributed by atoms with Crippen molar-refractivity contribution in [3.05, 3.63) is 66.2 Å². The molecule has 2 rings (SSSR count). The third kappa shape index (κ3) is 5.29. The molecule has 2 aromatic rings. The minimum atomic E-state index is -0.0624. The molecule has 0 aliphatic heterocycles. The zero-order valence-corrected chi connectivity index (χ0v) is 15.4. The summed E-state index contributed by atoms with van der Waals surface area (Å²) in [5.41, 5.74) is 1.77. The topological polar surface area (TPSA) is 47.6 Å². The number of amides is 1. The molecule has 2 aromatic carbocycles. The third-order valence-electron chi connectivity index (χ3n) is 3.64. The number of ether oxygens (including phenoxy) is 2. The Hall–Kier alpha value is -2.40. The maximum Gasteiger partial charge on any atom is 0.252 e. The Morgan fingerprint density at radius 3 is 2.64 bits per heavy atom. The van der Waals surface area contributed by atoms with E-state index < -0.39 is 0 Å². The monoisotopic (exact) mass is 357 g/mol. The average Bonchev–Trinajstić information content (AvgIpc) is 2.66. The molecule has 0 aliphatic rings. The molecule has 0 unspecified atom stereocenters. The minimum absolute atomic E-state index is 0.0624. The summed E-state index contributed by atoms with van der Waals surface area (Å²) in [5.74, 6) is 2.10. The van der Waals surface area contributed by atoms with Gasteiger partial charge in [-0.1, -0.05) is 24.3 Å². The van der Waals surface area contributed by atoms with E-state index in [0.717, 1.165) is 16.2 Å². The molecule has 0 bridgehead atoms. The maximum absolute atomic E-state index is 12.4. The largest absolute Gasteiger partial charge is 0.493 e. The molecular formula is C20H23NO3S. The molecule has 5 heteroatoms. The quantitative estimate of drug-likeness (QED) is 0.545. The van der Waals surface area contributed by atoms with E-state index in [4.69, 9.17) is 9.47 Å². The molecule has 0 saturated heterocycles. The highest BCUT2D eigenvalue weighted by Crippen LogP contribution is 2.27. The van der Waals surface area contributed by atoms with Gasteiger partial charge >= 0.3 is 0 Å². The van der Waals surface area contributed by atoms with Crippen LogP contribution in [0.2, 0.25) is 0 Å². The Bertz CT molecular complexity index is 731. The molecule has 4 nitrogen and oxygen atoms in total. The Morgan fingerprint density at radius 2 is 1.92 bits per heavy atom. The number of carbonyl (C=O) groups excluding carboxylic acids is 1. The summed E-state index contributed by atoms with van der Waals surface area (Å²) < 4.78 is 10.5. The van der Waals surface area contributed by atoms with Gasteiger partial charge in [0.2, 0.25) is 0 Å². The van der Waals surface area contributed by atoms with Crippen LogP contribution in [0, 0.1) is 0 Å². The van der Waals surface area contributed by atoms with E-state index >= 15 is 0 Å². The molecular weight excluding hydrogens is 334 g/mol. The van der Waals surface area contributed by atoms with Crippen LogP contribution >= 0.6 is 11.8 Å². The lowest BCUT2D eigenvalue weighted by Gasteiger charge is -2.11. The van der Waals surface area contributed by atoms with Gasteiger partial charge in [0, 0.05) is 17.2 Å². The fourth-order valence-corrected chi connectivity index (χ4v) is 3.17. The van der Waals surface area contributed by atoms with E-state index in [-0.39, 0.29) is 5.91 Å². The number of carbonyl (C=O) groups is 1. The molecule has 0 spiro atoms. The molecule has 0 fully saturated rings. The van der Waals surface area contributed by atoms with Gasteiger partial charge in [0.05, 0.1) is 19.8 Å². The second kappa shape index (κ2) is 9.79. The predicted octanol–water partition coefficient (Wildman–Crippen LogP) is 3.95. The molecule has 0 radical (unpaired) electrons. The Kier molecular flexibility index (Phi) is 7.41. The first-order valence-electron chi connectivity index (χ1n) is 8.01. The summed E-state index contributed by atoms with van der Waals surface area (Å²) in [6.07, 6.45) is 2.55. The summed E-state index contributed by atoms with van der Waals surface area (Å²) in [4.78, 5) is 13.4. The minimum Gasteiger partial charge on any atom is -0.493 e. The number of nitrogens with one attached hydrogen (secondary N) is 1. The maximum atomic E-state index is 12.4. The lowest BCUT2D eigenvalue weighted by atomic mass is 10.1. The Labute approximate surface area is 153 Å². The van der Waals surface area contributed by atoms with Crippen molar-refractivity contribution in [3.8, 4) is 11.5 Å². The van der Waals surface area contributed by atoms with Gasteiger partial charge in [-0.2, -0.15) is 0 Å². The third-order valence-corrected chi connectivity index (χ3v) is 4.70. The van der Waals surface area contributed by atoms with Crippen molar-refractivity contribution in [3.63, 3.8) is 0 Å². The smallest absolute Gasteiger partial charge is 0.252 e. The van der Waals surface area contributed by atoms with Crippen LogP contribution in [-0.4, -0.2) is 32.4 Å². The highest BCUT2D eigenvalue weighted by molar-refractivity contribution is 7.99. The number of thioether (sulfide) groups is 1. The number of methoxy groups -OCH3 is 2. The van der Waals surface area contributed by atoms with E-state index in [1.165, 1.54) is 0 Å². The first-order chi connectivity index (χ1) is 12.2. The summed E-state index contributed by atoms with van der Waals surface area (Å²) in [5, 5.41) is 2.98. The molecule has 132 valence electrons. The number of hydrogen-bond acceptors (Lipinski definition) is 4. The van der Waals surface area contributed by atoms with Crippen molar-refractivity contribution >= 4 is 17.7 Å². The second-order valence-corrected chi connectivity index (χ2v) is 6.35. The van der Waals surface area contributed by atoms with Crippen molar-refractivity contribution in [1.29, 1.82) is 0 Å². The number of rotatable bonds is 9. The molecule has 0 heterocycles. The lowest BCUT2D eigenvalue weighted by molar-refractivity contribution is 0.0951. The molecule has 1 N–H and O–H groups in total. The fraction of sp³-hybridized carbons (Fsp3) is 0.250. The summed E-state index contributed by atoms with van der Waals surface area (Å²) >= 11 is 1.60. The molecule has 1 amide bonds. The van der Waals surface area contributed by atoms with Crippen LogP contribution in [0.3, 0.4) is 0 Å². The van der Waals surface area contributed by atoms with Gasteiger partial charge in [0.15, 0.2) is 11.5 Å². The van der Waals surface area contributed by atoms with Crippen molar-refractivity contribution in [1.82, 2.24) is 5.32 Å². The molecule has 0 aliphatic carbocycles. The summed E-state index contributed by atoms with van der Waals surface area (Å²) in [6, 6.07) is 13.4. The standard InChI is InChI=1S/C20H23NO3S/c1-4-13-25-19-8-6-5-7-16(19)20(22)21-12-11-15-9-10-17(23-2)18(14-15)24-3/h4-10,14H,1,11-13H2,2-3H3,(H,21,22). The van der Waals surface area contributed by atoms with E-state index in [2.05, 4.69) is 11.9 Å². The van der Waals surface area contributed by atoms with Gasteiger partial charge in [0.1, 0.15) is 0 Å². The number of benzene rings is 2. The van der Waals surface area contributed by atoms with E-state index in [1.807, 2.05) is 48.5 Å². The summed E-state index contributed by atoms with van der Waals surface area (Å²) in [6.45, 7) is 4.27. The van der Waals surface area contributed by atoms with E-state index in [0.29, 0.717) is 30.0 Å². The van der Waals surface area contributed by atoms with E-state index in [1.54, 1.807) is 26.0 Å². The van der Waals surface area contributed by atoms with Gasteiger partial charge in [-0.05, 0) is 36.2 Å². The molecule has 0 saturated carbocycles. The van der Waals surface area contributed by atoms with Gasteiger partial charge in [0.25, 0.3) is 5.91 Å². The van der Waals surface area contributed by atoms with Crippen molar-refractivity contribution in [2.45, 2.75) is 11.3 Å². The van der Waals surface area contributed by atoms with Crippen LogP contribution in [0.5, 0.6) is 11.5 Å². The first-order valence-corrected chi connectivity index (χ1v) is 9.00. The van der Waals surface area contributed by atoms with Crippen LogP contribution < -0.4 is 14.8 Å². The zero-order valence-electron chi connectivity index (χ0n) is 14.6. The van der Waals surface area contributed by atoms with Gasteiger partial charge in [-0.3, -0.25) is 4.79 Å². The molecule has 25 heavy (non-hydrogen) atoms.